The fourth-order valence-electron chi connectivity index (χ4n) is 0.402. The standard InChI is InChI=1S/C8H18O3S/c1-7(2)6-11-12(9,10)8(3,4)5/h7H,6H2,1-5H3. The fourth-order valence-corrected chi connectivity index (χ4v) is 1.21. The van der Waals surface area contributed by atoms with Crippen molar-refractivity contribution in [3.05, 3.63) is 0 Å². The van der Waals surface area contributed by atoms with Gasteiger partial charge in [0.15, 0.2) is 0 Å². The van der Waals surface area contributed by atoms with Gasteiger partial charge < -0.3 is 0 Å². The topological polar surface area (TPSA) is 43.4 Å². The average Bonchev–Trinajstić information content (AvgIpc) is 1.81. The molecule has 0 atom stereocenters. The molecule has 0 fully saturated rings. The molecule has 0 rings (SSSR count). The van der Waals surface area contributed by atoms with Crippen LogP contribution in [0.2, 0.25) is 0 Å². The highest BCUT2D eigenvalue weighted by Gasteiger charge is 2.29. The van der Waals surface area contributed by atoms with Gasteiger partial charge >= 0.3 is 0 Å². The van der Waals surface area contributed by atoms with Crippen molar-refractivity contribution < 1.29 is 12.6 Å². The van der Waals surface area contributed by atoms with Crippen molar-refractivity contribution in [3.8, 4) is 0 Å². The van der Waals surface area contributed by atoms with Crippen molar-refractivity contribution in [1.29, 1.82) is 0 Å². The molecule has 0 aliphatic rings. The lowest BCUT2D eigenvalue weighted by Gasteiger charge is -2.19. The maximum Gasteiger partial charge on any atom is 0.272 e. The molecule has 0 spiro atoms. The normalized spacial score (nSPS) is 13.8. The van der Waals surface area contributed by atoms with Crippen LogP contribution in [0.3, 0.4) is 0 Å². The lowest BCUT2D eigenvalue weighted by Crippen LogP contribution is -2.30. The Morgan fingerprint density at radius 3 is 1.92 bits per heavy atom. The Labute approximate surface area is 75.2 Å². The molecule has 0 aliphatic carbocycles. The van der Waals surface area contributed by atoms with E-state index in [-0.39, 0.29) is 12.5 Å². The Hall–Kier alpha value is -0.0900. The second-order valence-electron chi connectivity index (χ2n) is 4.24. The first-order valence-electron chi connectivity index (χ1n) is 4.06. The molecule has 0 saturated heterocycles. The molecule has 0 heterocycles. The summed E-state index contributed by atoms with van der Waals surface area (Å²) in [5.74, 6) is 0.238. The first-order valence-corrected chi connectivity index (χ1v) is 5.46. The van der Waals surface area contributed by atoms with Gasteiger partial charge in [0.1, 0.15) is 0 Å². The van der Waals surface area contributed by atoms with Crippen LogP contribution < -0.4 is 0 Å². The summed E-state index contributed by atoms with van der Waals surface area (Å²) in [6.07, 6.45) is 0. The van der Waals surface area contributed by atoms with Gasteiger partial charge in [0, 0.05) is 0 Å². The van der Waals surface area contributed by atoms with E-state index in [1.807, 2.05) is 13.8 Å². The zero-order valence-electron chi connectivity index (χ0n) is 8.42. The van der Waals surface area contributed by atoms with Crippen LogP contribution in [0.5, 0.6) is 0 Å². The molecule has 0 aromatic rings. The summed E-state index contributed by atoms with van der Waals surface area (Å²) in [7, 11) is -3.39. The molecule has 0 aliphatic heterocycles. The summed E-state index contributed by atoms with van der Waals surface area (Å²) in [6.45, 7) is 8.98. The summed E-state index contributed by atoms with van der Waals surface area (Å²) in [5.41, 5.74) is 0. The highest BCUT2D eigenvalue weighted by molar-refractivity contribution is 7.88. The Balaban J connectivity index is 4.27. The minimum absolute atomic E-state index is 0.238. The third kappa shape index (κ3) is 3.54. The van der Waals surface area contributed by atoms with Crippen LogP contribution in [0.15, 0.2) is 0 Å². The zero-order chi connectivity index (χ0) is 9.99. The van der Waals surface area contributed by atoms with E-state index in [0.29, 0.717) is 0 Å². The highest BCUT2D eigenvalue weighted by atomic mass is 32.2. The molecule has 0 saturated carbocycles. The van der Waals surface area contributed by atoms with E-state index in [1.165, 1.54) is 0 Å². The van der Waals surface area contributed by atoms with Crippen molar-refractivity contribution in [2.75, 3.05) is 6.61 Å². The quantitative estimate of drug-likeness (QED) is 0.643. The first-order chi connectivity index (χ1) is 5.17. The molecule has 0 amide bonds. The molecule has 12 heavy (non-hydrogen) atoms. The molecule has 0 N–H and O–H groups in total. The smallest absolute Gasteiger partial charge is 0.269 e. The number of rotatable bonds is 3. The van der Waals surface area contributed by atoms with Crippen LogP contribution in [0, 0.1) is 5.92 Å². The van der Waals surface area contributed by atoms with E-state index < -0.39 is 14.9 Å². The Morgan fingerprint density at radius 1 is 1.25 bits per heavy atom. The Kier molecular flexibility index (Phi) is 3.72. The van der Waals surface area contributed by atoms with Gasteiger partial charge in [-0.15, -0.1) is 0 Å². The molecular weight excluding hydrogens is 176 g/mol. The van der Waals surface area contributed by atoms with E-state index in [9.17, 15) is 8.42 Å². The van der Waals surface area contributed by atoms with E-state index in [4.69, 9.17) is 4.18 Å². The van der Waals surface area contributed by atoms with Gasteiger partial charge in [-0.25, -0.2) is 0 Å². The van der Waals surface area contributed by atoms with E-state index in [0.717, 1.165) is 0 Å². The van der Waals surface area contributed by atoms with Crippen LogP contribution in [0.4, 0.5) is 0 Å². The molecule has 74 valence electrons. The maximum atomic E-state index is 11.3. The number of hydrogen-bond acceptors (Lipinski definition) is 3. The van der Waals surface area contributed by atoms with Gasteiger partial charge in [0.2, 0.25) is 0 Å². The molecular formula is C8H18O3S. The van der Waals surface area contributed by atoms with Crippen LogP contribution in [-0.4, -0.2) is 19.8 Å². The SMILES string of the molecule is CC(C)COS(=O)(=O)C(C)(C)C. The van der Waals surface area contributed by atoms with Gasteiger partial charge in [-0.3, -0.25) is 4.18 Å². The third-order valence-corrected chi connectivity index (χ3v) is 3.25. The largest absolute Gasteiger partial charge is 0.272 e. The second kappa shape index (κ2) is 3.75. The molecule has 0 bridgehead atoms. The lowest BCUT2D eigenvalue weighted by atomic mass is 10.2. The molecule has 3 nitrogen and oxygen atoms in total. The van der Waals surface area contributed by atoms with Crippen molar-refractivity contribution in [2.45, 2.75) is 39.4 Å². The summed E-state index contributed by atoms with van der Waals surface area (Å²) < 4.78 is 26.7. The van der Waals surface area contributed by atoms with Crippen LogP contribution in [0.25, 0.3) is 0 Å². The van der Waals surface area contributed by atoms with Gasteiger partial charge in [-0.05, 0) is 26.7 Å². The Morgan fingerprint density at radius 2 is 1.67 bits per heavy atom. The van der Waals surface area contributed by atoms with Gasteiger partial charge in [0.05, 0.1) is 11.4 Å². The summed E-state index contributed by atoms with van der Waals surface area (Å²) >= 11 is 0. The van der Waals surface area contributed by atoms with Crippen LogP contribution in [-0.2, 0) is 14.3 Å². The molecule has 0 aromatic heterocycles. The van der Waals surface area contributed by atoms with Gasteiger partial charge in [-0.1, -0.05) is 13.8 Å². The number of hydrogen-bond donors (Lipinski definition) is 0. The van der Waals surface area contributed by atoms with Gasteiger partial charge in [-0.2, -0.15) is 8.42 Å². The monoisotopic (exact) mass is 194 g/mol. The molecule has 0 radical (unpaired) electrons. The van der Waals surface area contributed by atoms with E-state index >= 15 is 0 Å². The predicted molar refractivity (Wildman–Crippen MR) is 49.5 cm³/mol. The fraction of sp³-hybridized carbons (Fsp3) is 1.00. The van der Waals surface area contributed by atoms with Crippen molar-refractivity contribution in [1.82, 2.24) is 0 Å². The molecule has 4 heteroatoms. The molecule has 0 aromatic carbocycles. The van der Waals surface area contributed by atoms with E-state index in [2.05, 4.69) is 0 Å². The predicted octanol–water partition coefficient (Wildman–Crippen LogP) is 1.79. The minimum atomic E-state index is -3.39. The summed E-state index contributed by atoms with van der Waals surface area (Å²) in [4.78, 5) is 0. The van der Waals surface area contributed by atoms with Crippen molar-refractivity contribution >= 4 is 10.1 Å². The van der Waals surface area contributed by atoms with Crippen molar-refractivity contribution in [3.63, 3.8) is 0 Å². The maximum absolute atomic E-state index is 11.3. The summed E-state index contributed by atoms with van der Waals surface area (Å²) in [5, 5.41) is 0. The summed E-state index contributed by atoms with van der Waals surface area (Å²) in [6, 6.07) is 0. The average molecular weight is 194 g/mol. The molecule has 0 unspecified atom stereocenters. The Bertz CT molecular complexity index is 221. The lowest BCUT2D eigenvalue weighted by molar-refractivity contribution is 0.265. The minimum Gasteiger partial charge on any atom is -0.269 e. The van der Waals surface area contributed by atoms with Gasteiger partial charge in [0.25, 0.3) is 10.1 Å². The zero-order valence-corrected chi connectivity index (χ0v) is 9.23. The van der Waals surface area contributed by atoms with E-state index in [1.54, 1.807) is 20.8 Å². The second-order valence-corrected chi connectivity index (χ2v) is 6.61. The van der Waals surface area contributed by atoms with Crippen LogP contribution >= 0.6 is 0 Å². The highest BCUT2D eigenvalue weighted by Crippen LogP contribution is 2.17. The third-order valence-electron chi connectivity index (χ3n) is 1.31. The van der Waals surface area contributed by atoms with Crippen LogP contribution in [0.1, 0.15) is 34.6 Å². The van der Waals surface area contributed by atoms with Crippen molar-refractivity contribution in [2.24, 2.45) is 5.92 Å². The first kappa shape index (κ1) is 11.9.